The van der Waals surface area contributed by atoms with E-state index in [0.29, 0.717) is 0 Å². The summed E-state index contributed by atoms with van der Waals surface area (Å²) in [6, 6.07) is 37.0. The summed E-state index contributed by atoms with van der Waals surface area (Å²) in [5.41, 5.74) is 24.8. The lowest BCUT2D eigenvalue weighted by Crippen LogP contribution is -2.11. The number of fused-ring (bicyclic) bond motifs is 4. The lowest BCUT2D eigenvalue weighted by Gasteiger charge is -2.36. The van der Waals surface area contributed by atoms with Crippen LogP contribution in [0.4, 0.5) is 0 Å². The summed E-state index contributed by atoms with van der Waals surface area (Å²) in [6.45, 7) is 33.4. The Hall–Kier alpha value is -6.76. The van der Waals surface area contributed by atoms with E-state index in [2.05, 4.69) is 150 Å². The van der Waals surface area contributed by atoms with Gasteiger partial charge in [-0.05, 0) is 163 Å². The molecule has 0 amide bonds. The zero-order valence-corrected chi connectivity index (χ0v) is 35.2. The molecular weight excluding hydrogens is 721 g/mol. The second-order valence-corrected chi connectivity index (χ2v) is 15.7. The second-order valence-electron chi connectivity index (χ2n) is 15.7. The summed E-state index contributed by atoms with van der Waals surface area (Å²) in [5, 5.41) is 0. The maximum absolute atomic E-state index is 4.28. The molecule has 0 radical (unpaired) electrons. The molecule has 0 bridgehead atoms. The number of benzene rings is 6. The van der Waals surface area contributed by atoms with Gasteiger partial charge in [0.25, 0.3) is 0 Å². The lowest BCUT2D eigenvalue weighted by molar-refractivity contribution is 1.19. The summed E-state index contributed by atoms with van der Waals surface area (Å²) in [6.07, 6.45) is 22.2. The largest absolute Gasteiger partial charge is 0.103 e. The van der Waals surface area contributed by atoms with Gasteiger partial charge in [-0.3, -0.25) is 0 Å². The fraction of sp³-hybridized carbons (Fsp3) is 0.133. The first-order valence-corrected chi connectivity index (χ1v) is 21.1. The molecular formula is C60H56. The minimum Gasteiger partial charge on any atom is -0.103 e. The van der Waals surface area contributed by atoms with Crippen molar-refractivity contribution in [1.82, 2.24) is 0 Å². The maximum atomic E-state index is 4.28. The quantitative estimate of drug-likeness (QED) is 0.0677. The van der Waals surface area contributed by atoms with Gasteiger partial charge in [-0.1, -0.05) is 146 Å². The highest BCUT2D eigenvalue weighted by Gasteiger charge is 2.37. The van der Waals surface area contributed by atoms with Crippen molar-refractivity contribution >= 4 is 0 Å². The van der Waals surface area contributed by atoms with Gasteiger partial charge in [0.05, 0.1) is 0 Å². The SMILES string of the molecule is C=CCc1ccc(-c2c(-c3ccc(CC=C)cc3CC=C)c(-c3ccc(CC=C)cc3CC=C)c3c(c2-c2ccc(CC=C)cc2CC=C)-c2ccccc2-3)c(CC=C)c1. The molecule has 0 atom stereocenters. The van der Waals surface area contributed by atoms with E-state index in [1.54, 1.807) is 0 Å². The summed E-state index contributed by atoms with van der Waals surface area (Å²) < 4.78 is 0. The standard InChI is InChI=1S/C60H56/c1-9-19-41-29-33-49(45(37-41)23-13-5)55-56(50-34-30-42(20-10-2)38-46(50)24-14-6)58(52-36-32-44(22-12-4)40-48(52)26-16-8)60-54-28-18-17-27-53(54)59(60)57(55)51-35-31-43(21-11-3)39-47(51)25-15-7/h9-18,27-40H,1-8,19-26H2. The van der Waals surface area contributed by atoms with Crippen molar-refractivity contribution in [1.29, 1.82) is 0 Å². The van der Waals surface area contributed by atoms with Gasteiger partial charge < -0.3 is 0 Å². The summed E-state index contributed by atoms with van der Waals surface area (Å²) >= 11 is 0. The minimum absolute atomic E-state index is 0.718. The second kappa shape index (κ2) is 18.9. The van der Waals surface area contributed by atoms with Crippen molar-refractivity contribution in [2.24, 2.45) is 0 Å². The van der Waals surface area contributed by atoms with Crippen LogP contribution in [0.15, 0.2) is 198 Å². The Bertz CT molecular complexity index is 2500. The third kappa shape index (κ3) is 7.86. The van der Waals surface area contributed by atoms with Crippen LogP contribution in [-0.4, -0.2) is 0 Å². The molecule has 6 aromatic carbocycles. The van der Waals surface area contributed by atoms with E-state index in [9.17, 15) is 0 Å². The number of rotatable bonds is 20. The molecule has 0 aliphatic heterocycles. The molecule has 0 saturated heterocycles. The van der Waals surface area contributed by atoms with Crippen LogP contribution in [0.3, 0.4) is 0 Å². The average molecular weight is 777 g/mol. The van der Waals surface area contributed by atoms with Crippen LogP contribution in [-0.2, 0) is 51.4 Å². The molecule has 1 aliphatic rings. The van der Waals surface area contributed by atoms with Gasteiger partial charge in [-0.2, -0.15) is 0 Å². The van der Waals surface area contributed by atoms with Crippen LogP contribution in [0.5, 0.6) is 0 Å². The molecule has 0 spiro atoms. The zero-order chi connectivity index (χ0) is 42.2. The number of hydrogen-bond acceptors (Lipinski definition) is 0. The number of allylic oxidation sites excluding steroid dienone is 8. The van der Waals surface area contributed by atoms with E-state index in [-0.39, 0.29) is 0 Å². The van der Waals surface area contributed by atoms with E-state index >= 15 is 0 Å². The Morgan fingerprint density at radius 2 is 0.467 bits per heavy atom. The van der Waals surface area contributed by atoms with Crippen LogP contribution in [0.25, 0.3) is 66.8 Å². The topological polar surface area (TPSA) is 0 Å². The molecule has 6 aromatic rings. The molecule has 0 aromatic heterocycles. The summed E-state index contributed by atoms with van der Waals surface area (Å²) in [5.74, 6) is 0. The highest BCUT2D eigenvalue weighted by molar-refractivity contribution is 6.22. The third-order valence-corrected chi connectivity index (χ3v) is 11.7. The first kappa shape index (κ1) is 41.4. The molecule has 7 rings (SSSR count). The Labute approximate surface area is 359 Å². The predicted octanol–water partition coefficient (Wildman–Crippen LogP) is 15.8. The average Bonchev–Trinajstić information content (AvgIpc) is 3.24. The van der Waals surface area contributed by atoms with Gasteiger partial charge in [0.15, 0.2) is 0 Å². The highest BCUT2D eigenvalue weighted by Crippen LogP contribution is 2.63. The van der Waals surface area contributed by atoms with E-state index < -0.39 is 0 Å². The maximum Gasteiger partial charge on any atom is -0.000730 e. The fourth-order valence-electron chi connectivity index (χ4n) is 9.26. The predicted molar refractivity (Wildman–Crippen MR) is 264 cm³/mol. The Morgan fingerprint density at radius 1 is 0.250 bits per heavy atom. The smallest absolute Gasteiger partial charge is 0.000730 e. The third-order valence-electron chi connectivity index (χ3n) is 11.7. The molecule has 0 saturated carbocycles. The van der Waals surface area contributed by atoms with Gasteiger partial charge >= 0.3 is 0 Å². The lowest BCUT2D eigenvalue weighted by atomic mass is 9.66. The molecule has 0 heteroatoms. The summed E-state index contributed by atoms with van der Waals surface area (Å²) in [7, 11) is 0. The van der Waals surface area contributed by atoms with Crippen molar-refractivity contribution in [3.05, 3.63) is 243 Å². The van der Waals surface area contributed by atoms with Crippen molar-refractivity contribution in [2.75, 3.05) is 0 Å². The molecule has 0 nitrogen and oxygen atoms in total. The molecule has 296 valence electrons. The van der Waals surface area contributed by atoms with Crippen LogP contribution >= 0.6 is 0 Å². The molecule has 0 N–H and O–H groups in total. The van der Waals surface area contributed by atoms with Gasteiger partial charge in [0.1, 0.15) is 0 Å². The molecule has 0 unspecified atom stereocenters. The van der Waals surface area contributed by atoms with Crippen molar-refractivity contribution < 1.29 is 0 Å². The van der Waals surface area contributed by atoms with Gasteiger partial charge in [0.2, 0.25) is 0 Å². The van der Waals surface area contributed by atoms with Crippen molar-refractivity contribution in [3.63, 3.8) is 0 Å². The molecule has 60 heavy (non-hydrogen) atoms. The van der Waals surface area contributed by atoms with Crippen molar-refractivity contribution in [3.8, 4) is 66.8 Å². The van der Waals surface area contributed by atoms with E-state index in [1.165, 1.54) is 111 Å². The molecule has 0 fully saturated rings. The molecule has 0 heterocycles. The van der Waals surface area contributed by atoms with Crippen LogP contribution in [0.1, 0.15) is 44.5 Å². The monoisotopic (exact) mass is 776 g/mol. The van der Waals surface area contributed by atoms with E-state index in [1.807, 2.05) is 48.6 Å². The van der Waals surface area contributed by atoms with E-state index in [0.717, 1.165) is 51.4 Å². The first-order valence-electron chi connectivity index (χ1n) is 21.1. The molecule has 1 aliphatic carbocycles. The van der Waals surface area contributed by atoms with E-state index in [4.69, 9.17) is 0 Å². The van der Waals surface area contributed by atoms with Gasteiger partial charge in [-0.25, -0.2) is 0 Å². The summed E-state index contributed by atoms with van der Waals surface area (Å²) in [4.78, 5) is 0. The van der Waals surface area contributed by atoms with Crippen LogP contribution in [0, 0.1) is 0 Å². The highest BCUT2D eigenvalue weighted by atomic mass is 14.4. The van der Waals surface area contributed by atoms with Crippen LogP contribution in [0.2, 0.25) is 0 Å². The minimum atomic E-state index is 0.718. The van der Waals surface area contributed by atoms with Crippen LogP contribution < -0.4 is 0 Å². The fourth-order valence-corrected chi connectivity index (χ4v) is 9.26. The van der Waals surface area contributed by atoms with Crippen molar-refractivity contribution in [2.45, 2.75) is 51.4 Å². The zero-order valence-electron chi connectivity index (χ0n) is 35.2. The van der Waals surface area contributed by atoms with Gasteiger partial charge in [-0.15, -0.1) is 52.6 Å². The Morgan fingerprint density at radius 3 is 0.683 bits per heavy atom. The first-order chi connectivity index (χ1) is 29.4. The Balaban J connectivity index is 1.80. The number of hydrogen-bond donors (Lipinski definition) is 0. The van der Waals surface area contributed by atoms with Gasteiger partial charge in [0, 0.05) is 0 Å². The Kier molecular flexibility index (Phi) is 13.0. The normalized spacial score (nSPS) is 11.1.